The lowest BCUT2D eigenvalue weighted by Crippen LogP contribution is -2.46. The number of amides is 1. The van der Waals surface area contributed by atoms with Crippen LogP contribution in [0.4, 0.5) is 4.79 Å². The molecule has 124 valence electrons. The summed E-state index contributed by atoms with van der Waals surface area (Å²) in [6, 6.07) is 0.582. The number of hydrogen-bond acceptors (Lipinski definition) is 4. The molecule has 1 saturated carbocycles. The molecule has 5 heteroatoms. The average Bonchev–Trinajstić information content (AvgIpc) is 2.32. The molecule has 0 bridgehead atoms. The van der Waals surface area contributed by atoms with Crippen molar-refractivity contribution < 1.29 is 14.3 Å². The van der Waals surface area contributed by atoms with Crippen LogP contribution in [0, 0.1) is 0 Å². The lowest BCUT2D eigenvalue weighted by atomic mass is 9.89. The van der Waals surface area contributed by atoms with Crippen molar-refractivity contribution in [2.24, 2.45) is 0 Å². The number of hydrogen-bond donors (Lipinski definition) is 1. The molecule has 21 heavy (non-hydrogen) atoms. The maximum Gasteiger partial charge on any atom is 0.410 e. The Morgan fingerprint density at radius 2 is 1.95 bits per heavy atom. The summed E-state index contributed by atoms with van der Waals surface area (Å²) in [6.07, 6.45) is 3.39. The Labute approximate surface area is 129 Å². The van der Waals surface area contributed by atoms with E-state index < -0.39 is 5.60 Å². The van der Waals surface area contributed by atoms with Gasteiger partial charge in [-0.2, -0.15) is 0 Å². The monoisotopic (exact) mass is 300 g/mol. The summed E-state index contributed by atoms with van der Waals surface area (Å²) >= 11 is 0. The number of carbonyl (C=O) groups is 1. The second-order valence-corrected chi connectivity index (χ2v) is 6.61. The van der Waals surface area contributed by atoms with Gasteiger partial charge in [0.2, 0.25) is 0 Å². The molecule has 1 amide bonds. The number of nitrogens with one attached hydrogen (secondary N) is 1. The molecule has 5 nitrogen and oxygen atoms in total. The van der Waals surface area contributed by atoms with Crippen LogP contribution >= 0.6 is 0 Å². The van der Waals surface area contributed by atoms with Crippen molar-refractivity contribution in [2.45, 2.75) is 71.6 Å². The van der Waals surface area contributed by atoms with Crippen LogP contribution in [0.5, 0.6) is 0 Å². The van der Waals surface area contributed by atoms with Gasteiger partial charge in [0, 0.05) is 25.7 Å². The van der Waals surface area contributed by atoms with Gasteiger partial charge in [0.25, 0.3) is 0 Å². The predicted octanol–water partition coefficient (Wildman–Crippen LogP) is 2.79. The topological polar surface area (TPSA) is 50.8 Å². The van der Waals surface area contributed by atoms with Crippen LogP contribution < -0.4 is 5.32 Å². The van der Waals surface area contributed by atoms with E-state index >= 15 is 0 Å². The van der Waals surface area contributed by atoms with Gasteiger partial charge in [-0.05, 0) is 60.4 Å². The van der Waals surface area contributed by atoms with E-state index in [1.54, 1.807) is 4.90 Å². The molecule has 1 aliphatic carbocycles. The highest BCUT2D eigenvalue weighted by atomic mass is 16.6. The molecule has 0 unspecified atom stereocenters. The summed E-state index contributed by atoms with van der Waals surface area (Å²) in [5.74, 6) is 0. The maximum absolute atomic E-state index is 12.0. The first-order valence-corrected chi connectivity index (χ1v) is 8.18. The van der Waals surface area contributed by atoms with Crippen molar-refractivity contribution in [3.05, 3.63) is 0 Å². The maximum atomic E-state index is 12.0. The molecule has 0 aliphatic heterocycles. The van der Waals surface area contributed by atoms with Gasteiger partial charge in [-0.1, -0.05) is 0 Å². The summed E-state index contributed by atoms with van der Waals surface area (Å²) in [7, 11) is 0. The minimum atomic E-state index is -0.428. The average molecular weight is 300 g/mol. The Kier molecular flexibility index (Phi) is 7.46. The summed E-state index contributed by atoms with van der Waals surface area (Å²) in [4.78, 5) is 13.7. The van der Waals surface area contributed by atoms with Crippen LogP contribution in [-0.4, -0.2) is 55.0 Å². The third-order valence-electron chi connectivity index (χ3n) is 3.57. The number of nitrogens with zero attached hydrogens (tertiary/aromatic N) is 1. The summed E-state index contributed by atoms with van der Waals surface area (Å²) in [5.41, 5.74) is -0.428. The molecule has 0 aromatic carbocycles. The fraction of sp³-hybridized carbons (Fsp3) is 0.938. The van der Waals surface area contributed by atoms with E-state index in [0.29, 0.717) is 18.7 Å². The van der Waals surface area contributed by atoms with Gasteiger partial charge < -0.3 is 19.7 Å². The van der Waals surface area contributed by atoms with E-state index in [4.69, 9.17) is 9.47 Å². The zero-order valence-electron chi connectivity index (χ0n) is 14.3. The minimum absolute atomic E-state index is 0.218. The predicted molar refractivity (Wildman–Crippen MR) is 84.5 cm³/mol. The second kappa shape index (κ2) is 8.59. The van der Waals surface area contributed by atoms with Gasteiger partial charge in [0.15, 0.2) is 0 Å². The molecule has 0 aromatic heterocycles. The quantitative estimate of drug-likeness (QED) is 0.700. The van der Waals surface area contributed by atoms with Crippen LogP contribution in [0.2, 0.25) is 0 Å². The molecular formula is C16H32N2O3. The van der Waals surface area contributed by atoms with Crippen LogP contribution in [0.1, 0.15) is 53.9 Å². The van der Waals surface area contributed by atoms with Crippen LogP contribution in [0.15, 0.2) is 0 Å². The number of ether oxygens (including phenoxy) is 2. The fourth-order valence-electron chi connectivity index (χ4n) is 2.39. The Bertz CT molecular complexity index is 309. The van der Waals surface area contributed by atoms with Crippen molar-refractivity contribution in [1.82, 2.24) is 10.2 Å². The molecule has 1 N–H and O–H groups in total. The van der Waals surface area contributed by atoms with Gasteiger partial charge >= 0.3 is 6.09 Å². The highest BCUT2D eigenvalue weighted by Gasteiger charge is 2.28. The van der Waals surface area contributed by atoms with Crippen LogP contribution in [0.3, 0.4) is 0 Å². The normalized spacial score (nSPS) is 21.8. The molecule has 1 rings (SSSR count). The second-order valence-electron chi connectivity index (χ2n) is 6.61. The van der Waals surface area contributed by atoms with E-state index in [9.17, 15) is 4.79 Å². The van der Waals surface area contributed by atoms with Gasteiger partial charge in [-0.3, -0.25) is 0 Å². The molecule has 1 fully saturated rings. The third-order valence-corrected chi connectivity index (χ3v) is 3.57. The molecule has 1 aliphatic rings. The first-order valence-electron chi connectivity index (χ1n) is 8.18. The van der Waals surface area contributed by atoms with Crippen molar-refractivity contribution >= 4 is 6.09 Å². The zero-order chi connectivity index (χ0) is 15.9. The number of carbonyl (C=O) groups excluding carboxylic acids is 1. The summed E-state index contributed by atoms with van der Waals surface area (Å²) < 4.78 is 10.9. The fourth-order valence-corrected chi connectivity index (χ4v) is 2.39. The lowest BCUT2D eigenvalue weighted by Gasteiger charge is -2.35. The van der Waals surface area contributed by atoms with Crippen LogP contribution in [-0.2, 0) is 9.47 Å². The van der Waals surface area contributed by atoms with E-state index in [0.717, 1.165) is 39.0 Å². The van der Waals surface area contributed by atoms with E-state index in [1.165, 1.54) is 0 Å². The van der Waals surface area contributed by atoms with Gasteiger partial charge in [0.05, 0.1) is 6.10 Å². The van der Waals surface area contributed by atoms with Crippen molar-refractivity contribution in [3.63, 3.8) is 0 Å². The van der Waals surface area contributed by atoms with Gasteiger partial charge in [-0.25, -0.2) is 4.79 Å². The standard InChI is InChI=1S/C16H32N2O3/c1-6-18(15(19)21-16(3,4)5)10-8-9-17-13-11-14(12-13)20-7-2/h13-14,17H,6-12H2,1-5H3. The first-order chi connectivity index (χ1) is 9.85. The highest BCUT2D eigenvalue weighted by Crippen LogP contribution is 2.22. The Balaban J connectivity index is 2.11. The van der Waals surface area contributed by atoms with Crippen molar-refractivity contribution in [3.8, 4) is 0 Å². The number of rotatable bonds is 8. The van der Waals surface area contributed by atoms with Gasteiger partial charge in [-0.15, -0.1) is 0 Å². The molecular weight excluding hydrogens is 268 g/mol. The SMILES string of the molecule is CCOC1CC(NCCCN(CC)C(=O)OC(C)(C)C)C1. The largest absolute Gasteiger partial charge is 0.444 e. The summed E-state index contributed by atoms with van der Waals surface area (Å²) in [5, 5.41) is 3.52. The van der Waals surface area contributed by atoms with E-state index in [2.05, 4.69) is 5.32 Å². The molecule has 0 saturated heterocycles. The molecule has 0 heterocycles. The summed E-state index contributed by atoms with van der Waals surface area (Å²) in [6.45, 7) is 12.9. The van der Waals surface area contributed by atoms with Crippen LogP contribution in [0.25, 0.3) is 0 Å². The zero-order valence-corrected chi connectivity index (χ0v) is 14.3. The third kappa shape index (κ3) is 7.14. The first kappa shape index (κ1) is 18.2. The molecule has 0 radical (unpaired) electrons. The van der Waals surface area contributed by atoms with E-state index in [1.807, 2.05) is 34.6 Å². The van der Waals surface area contributed by atoms with Crippen molar-refractivity contribution in [2.75, 3.05) is 26.2 Å². The molecule has 0 atom stereocenters. The lowest BCUT2D eigenvalue weighted by molar-refractivity contribution is -0.00990. The Morgan fingerprint density at radius 3 is 2.48 bits per heavy atom. The van der Waals surface area contributed by atoms with E-state index in [-0.39, 0.29) is 6.09 Å². The smallest absolute Gasteiger partial charge is 0.410 e. The van der Waals surface area contributed by atoms with Crippen molar-refractivity contribution in [1.29, 1.82) is 0 Å². The molecule has 0 spiro atoms. The highest BCUT2D eigenvalue weighted by molar-refractivity contribution is 5.68. The van der Waals surface area contributed by atoms with Gasteiger partial charge in [0.1, 0.15) is 5.60 Å². The Hall–Kier alpha value is -0.810. The molecule has 0 aromatic rings. The Morgan fingerprint density at radius 1 is 1.29 bits per heavy atom. The minimum Gasteiger partial charge on any atom is -0.444 e.